The van der Waals surface area contributed by atoms with E-state index in [2.05, 4.69) is 53.6 Å². The highest BCUT2D eigenvalue weighted by Crippen LogP contribution is 2.25. The molecule has 0 saturated heterocycles. The lowest BCUT2D eigenvalue weighted by atomic mass is 10.00. The van der Waals surface area contributed by atoms with Crippen molar-refractivity contribution in [3.05, 3.63) is 53.5 Å². The molecule has 7 nitrogen and oxygen atoms in total. The number of aryl methyl sites for hydroxylation is 1. The van der Waals surface area contributed by atoms with E-state index in [1.54, 1.807) is 12.3 Å². The van der Waals surface area contributed by atoms with Crippen molar-refractivity contribution in [3.63, 3.8) is 0 Å². The minimum Gasteiger partial charge on any atom is -0.469 e. The summed E-state index contributed by atoms with van der Waals surface area (Å²) in [5.74, 6) is 8.05. The average molecular weight is 414 g/mol. The minimum atomic E-state index is -0.0854. The molecule has 1 unspecified atom stereocenters. The number of carbonyl (C=O) groups is 1. The Kier molecular flexibility index (Phi) is 6.64. The van der Waals surface area contributed by atoms with Crippen LogP contribution in [-0.4, -0.2) is 26.5 Å². The van der Waals surface area contributed by atoms with Gasteiger partial charge in [-0.2, -0.15) is 0 Å². The van der Waals surface area contributed by atoms with Crippen molar-refractivity contribution < 1.29 is 9.21 Å². The smallest absolute Gasteiger partial charge is 0.230 e. The van der Waals surface area contributed by atoms with Crippen LogP contribution < -0.4 is 11.2 Å². The van der Waals surface area contributed by atoms with Gasteiger partial charge < -0.3 is 15.6 Å². The molecule has 154 valence electrons. The molecule has 3 aromatic rings. The Bertz CT molecular complexity index is 962. The molecule has 0 bridgehead atoms. The van der Waals surface area contributed by atoms with Crippen LogP contribution in [0.15, 0.2) is 46.2 Å². The molecule has 0 aliphatic carbocycles. The van der Waals surface area contributed by atoms with Gasteiger partial charge in [-0.3, -0.25) is 4.79 Å². The van der Waals surface area contributed by atoms with Crippen molar-refractivity contribution in [1.29, 1.82) is 0 Å². The molecule has 1 atom stereocenters. The van der Waals surface area contributed by atoms with Gasteiger partial charge in [-0.25, -0.2) is 4.68 Å². The molecule has 3 rings (SSSR count). The topological polar surface area (TPSA) is 99.0 Å². The van der Waals surface area contributed by atoms with E-state index in [-0.39, 0.29) is 17.7 Å². The summed E-state index contributed by atoms with van der Waals surface area (Å²) in [7, 11) is 0. The van der Waals surface area contributed by atoms with Crippen LogP contribution >= 0.6 is 11.8 Å². The summed E-state index contributed by atoms with van der Waals surface area (Å²) >= 11 is 1.25. The zero-order valence-electron chi connectivity index (χ0n) is 17.2. The molecule has 0 saturated carbocycles. The Balaban J connectivity index is 1.55. The Hall–Kier alpha value is -2.74. The van der Waals surface area contributed by atoms with Crippen LogP contribution in [0.5, 0.6) is 0 Å². The van der Waals surface area contributed by atoms with Crippen LogP contribution in [0.2, 0.25) is 0 Å². The SMILES string of the molecule is Cc1occc1-c1nnc(SCC(=O)NC(C)c2ccc(CC(C)C)cc2)n1N. The van der Waals surface area contributed by atoms with Gasteiger partial charge in [0, 0.05) is 0 Å². The van der Waals surface area contributed by atoms with Gasteiger partial charge in [-0.05, 0) is 43.4 Å². The van der Waals surface area contributed by atoms with Gasteiger partial charge in [0.15, 0.2) is 5.82 Å². The fourth-order valence-corrected chi connectivity index (χ4v) is 3.75. The van der Waals surface area contributed by atoms with Crippen LogP contribution in [0, 0.1) is 12.8 Å². The van der Waals surface area contributed by atoms with Crippen molar-refractivity contribution in [2.45, 2.75) is 45.3 Å². The largest absolute Gasteiger partial charge is 0.469 e. The second kappa shape index (κ2) is 9.17. The summed E-state index contributed by atoms with van der Waals surface area (Å²) in [6.07, 6.45) is 2.63. The highest BCUT2D eigenvalue weighted by atomic mass is 32.2. The summed E-state index contributed by atoms with van der Waals surface area (Å²) < 4.78 is 6.67. The monoisotopic (exact) mass is 413 g/mol. The Morgan fingerprint density at radius 1 is 1.21 bits per heavy atom. The highest BCUT2D eigenvalue weighted by Gasteiger charge is 2.17. The lowest BCUT2D eigenvalue weighted by molar-refractivity contribution is -0.119. The van der Waals surface area contributed by atoms with Crippen LogP contribution in [0.1, 0.15) is 43.7 Å². The number of nitrogen functional groups attached to an aromatic ring is 1. The quantitative estimate of drug-likeness (QED) is 0.431. The first-order chi connectivity index (χ1) is 13.8. The summed E-state index contributed by atoms with van der Waals surface area (Å²) in [5.41, 5.74) is 3.17. The van der Waals surface area contributed by atoms with Gasteiger partial charge >= 0.3 is 0 Å². The van der Waals surface area contributed by atoms with E-state index >= 15 is 0 Å². The molecule has 0 fully saturated rings. The van der Waals surface area contributed by atoms with E-state index in [0.717, 1.165) is 17.5 Å². The first-order valence-corrected chi connectivity index (χ1v) is 10.6. The average Bonchev–Trinajstić information content (AvgIpc) is 3.25. The second-order valence-corrected chi connectivity index (χ2v) is 8.43. The van der Waals surface area contributed by atoms with Gasteiger partial charge in [-0.15, -0.1) is 10.2 Å². The number of nitrogens with zero attached hydrogens (tertiary/aromatic N) is 3. The number of furan rings is 1. The second-order valence-electron chi connectivity index (χ2n) is 7.48. The third-order valence-corrected chi connectivity index (χ3v) is 5.54. The number of benzene rings is 1. The van der Waals surface area contributed by atoms with Crippen molar-refractivity contribution in [1.82, 2.24) is 20.2 Å². The number of thioether (sulfide) groups is 1. The molecule has 0 aliphatic heterocycles. The van der Waals surface area contributed by atoms with Gasteiger partial charge in [0.25, 0.3) is 0 Å². The molecule has 0 radical (unpaired) electrons. The van der Waals surface area contributed by atoms with E-state index < -0.39 is 0 Å². The molecule has 0 spiro atoms. The fraction of sp³-hybridized carbons (Fsp3) is 0.381. The molecular formula is C21H27N5O2S. The van der Waals surface area contributed by atoms with Crippen LogP contribution in [-0.2, 0) is 11.2 Å². The lowest BCUT2D eigenvalue weighted by Gasteiger charge is -2.15. The predicted octanol–water partition coefficient (Wildman–Crippen LogP) is 3.73. The molecule has 29 heavy (non-hydrogen) atoms. The maximum atomic E-state index is 12.4. The van der Waals surface area contributed by atoms with Crippen LogP contribution in [0.3, 0.4) is 0 Å². The van der Waals surface area contributed by atoms with E-state index in [9.17, 15) is 4.79 Å². The summed E-state index contributed by atoms with van der Waals surface area (Å²) in [6.45, 7) is 8.22. The molecular weight excluding hydrogens is 386 g/mol. The Morgan fingerprint density at radius 3 is 2.55 bits per heavy atom. The number of nitrogens with two attached hydrogens (primary N) is 1. The fourth-order valence-electron chi connectivity index (χ4n) is 3.09. The van der Waals surface area contributed by atoms with Crippen molar-refractivity contribution in [3.8, 4) is 11.4 Å². The zero-order valence-corrected chi connectivity index (χ0v) is 18.0. The molecule has 3 N–H and O–H groups in total. The van der Waals surface area contributed by atoms with Crippen molar-refractivity contribution >= 4 is 17.7 Å². The van der Waals surface area contributed by atoms with Crippen LogP contribution in [0.25, 0.3) is 11.4 Å². The Labute approximate surface area is 175 Å². The lowest BCUT2D eigenvalue weighted by Crippen LogP contribution is -2.28. The van der Waals surface area contributed by atoms with Crippen molar-refractivity contribution in [2.75, 3.05) is 11.6 Å². The highest BCUT2D eigenvalue weighted by molar-refractivity contribution is 7.99. The number of aromatic nitrogens is 3. The number of carbonyl (C=O) groups excluding carboxylic acids is 1. The van der Waals surface area contributed by atoms with Gasteiger partial charge in [0.2, 0.25) is 11.1 Å². The minimum absolute atomic E-state index is 0.0731. The molecule has 2 aromatic heterocycles. The summed E-state index contributed by atoms with van der Waals surface area (Å²) in [5, 5.41) is 11.7. The number of amides is 1. The number of hydrogen-bond acceptors (Lipinski definition) is 6. The van der Waals surface area contributed by atoms with Crippen LogP contribution in [0.4, 0.5) is 0 Å². The third kappa shape index (κ3) is 5.20. The molecule has 1 amide bonds. The molecule has 8 heteroatoms. The van der Waals surface area contributed by atoms with Gasteiger partial charge in [0.05, 0.1) is 23.6 Å². The number of nitrogens with one attached hydrogen (secondary N) is 1. The normalized spacial score (nSPS) is 12.3. The molecule has 0 aliphatic rings. The Morgan fingerprint density at radius 2 is 1.93 bits per heavy atom. The maximum Gasteiger partial charge on any atom is 0.230 e. The maximum absolute atomic E-state index is 12.4. The van der Waals surface area contributed by atoms with Crippen molar-refractivity contribution in [2.24, 2.45) is 5.92 Å². The first-order valence-electron chi connectivity index (χ1n) is 9.61. The predicted molar refractivity (Wildman–Crippen MR) is 115 cm³/mol. The van der Waals surface area contributed by atoms with Gasteiger partial charge in [-0.1, -0.05) is 49.9 Å². The zero-order chi connectivity index (χ0) is 21.0. The van der Waals surface area contributed by atoms with E-state index in [1.165, 1.54) is 22.0 Å². The number of rotatable bonds is 8. The third-order valence-electron chi connectivity index (χ3n) is 4.60. The number of hydrogen-bond donors (Lipinski definition) is 2. The van der Waals surface area contributed by atoms with E-state index in [1.807, 2.05) is 13.8 Å². The summed E-state index contributed by atoms with van der Waals surface area (Å²) in [4.78, 5) is 12.4. The first kappa shape index (κ1) is 21.0. The molecule has 2 heterocycles. The van der Waals surface area contributed by atoms with Gasteiger partial charge in [0.1, 0.15) is 5.76 Å². The summed E-state index contributed by atoms with van der Waals surface area (Å²) in [6, 6.07) is 10.1. The molecule has 1 aromatic carbocycles. The van der Waals surface area contributed by atoms with E-state index in [0.29, 0.717) is 22.7 Å². The van der Waals surface area contributed by atoms with E-state index in [4.69, 9.17) is 10.3 Å². The standard InChI is InChI=1S/C21H27N5O2S/c1-13(2)11-16-5-7-17(8-6-16)14(3)23-19(27)12-29-21-25-24-20(26(21)22)18-9-10-28-15(18)4/h5-10,13-14H,11-12,22H2,1-4H3,(H,23,27).